The van der Waals surface area contributed by atoms with Gasteiger partial charge < -0.3 is 15.1 Å². The van der Waals surface area contributed by atoms with E-state index in [1.807, 2.05) is 29.2 Å². The van der Waals surface area contributed by atoms with Gasteiger partial charge in [0.1, 0.15) is 11.5 Å². The Bertz CT molecular complexity index is 960. The monoisotopic (exact) mass is 387 g/mol. The van der Waals surface area contributed by atoms with Crippen LogP contribution in [0.2, 0.25) is 0 Å². The van der Waals surface area contributed by atoms with Crippen molar-refractivity contribution in [1.29, 1.82) is 0 Å². The molecule has 1 amide bonds. The molecule has 0 saturated carbocycles. The highest BCUT2D eigenvalue weighted by Crippen LogP contribution is 2.23. The predicted octanol–water partition coefficient (Wildman–Crippen LogP) is 3.80. The topological polar surface area (TPSA) is 61.4 Å². The number of piperazine rings is 1. The van der Waals surface area contributed by atoms with Gasteiger partial charge in [0, 0.05) is 37.6 Å². The number of carbonyl (C=O) groups is 1. The minimum atomic E-state index is -0.0659. The fourth-order valence-electron chi connectivity index (χ4n) is 3.61. The van der Waals surface area contributed by atoms with E-state index >= 15 is 0 Å². The molecule has 0 unspecified atom stereocenters. The van der Waals surface area contributed by atoms with Crippen molar-refractivity contribution in [3.8, 4) is 0 Å². The van der Waals surface area contributed by atoms with Gasteiger partial charge in [-0.2, -0.15) is 0 Å². The number of amides is 1. The molecule has 1 aliphatic heterocycles. The van der Waals surface area contributed by atoms with E-state index in [1.165, 1.54) is 5.69 Å². The van der Waals surface area contributed by atoms with E-state index in [0.717, 1.165) is 29.9 Å². The molecule has 2 aromatic carbocycles. The summed E-state index contributed by atoms with van der Waals surface area (Å²) in [4.78, 5) is 25.7. The molecular formula is C23H25N5O. The van der Waals surface area contributed by atoms with Crippen LogP contribution in [0.15, 0.2) is 60.9 Å². The zero-order valence-corrected chi connectivity index (χ0v) is 16.8. The molecule has 0 bridgehead atoms. The Kier molecular flexibility index (Phi) is 5.42. The second kappa shape index (κ2) is 8.31. The number of hydrogen-bond donors (Lipinski definition) is 1. The van der Waals surface area contributed by atoms with Crippen LogP contribution in [0.25, 0.3) is 0 Å². The number of carbonyl (C=O) groups excluding carboxylic acids is 1. The Balaban J connectivity index is 1.39. The summed E-state index contributed by atoms with van der Waals surface area (Å²) in [6, 6.07) is 16.4. The third kappa shape index (κ3) is 4.21. The predicted molar refractivity (Wildman–Crippen MR) is 116 cm³/mol. The molecular weight excluding hydrogens is 362 g/mol. The van der Waals surface area contributed by atoms with Crippen LogP contribution in [0, 0.1) is 13.8 Å². The van der Waals surface area contributed by atoms with Gasteiger partial charge in [-0.15, -0.1) is 0 Å². The largest absolute Gasteiger partial charge is 0.368 e. The van der Waals surface area contributed by atoms with Gasteiger partial charge >= 0.3 is 0 Å². The highest BCUT2D eigenvalue weighted by Gasteiger charge is 2.23. The van der Waals surface area contributed by atoms with E-state index in [-0.39, 0.29) is 5.91 Å². The first-order valence-corrected chi connectivity index (χ1v) is 9.86. The molecule has 2 heterocycles. The standard InChI is InChI=1S/C23H25N5O/c1-17-7-6-8-18(2)22(17)26-21-16-24-20(15-25-21)23(29)28-13-11-27(12-14-28)19-9-4-3-5-10-19/h3-10,15-16H,11-14H2,1-2H3,(H,25,26). The minimum Gasteiger partial charge on any atom is -0.368 e. The molecule has 4 rings (SSSR count). The Morgan fingerprint density at radius 2 is 1.55 bits per heavy atom. The van der Waals surface area contributed by atoms with E-state index < -0.39 is 0 Å². The van der Waals surface area contributed by atoms with Gasteiger partial charge in [-0.05, 0) is 37.1 Å². The maximum atomic E-state index is 12.8. The lowest BCUT2D eigenvalue weighted by Gasteiger charge is -2.35. The molecule has 6 nitrogen and oxygen atoms in total. The summed E-state index contributed by atoms with van der Waals surface area (Å²) in [5, 5.41) is 3.30. The summed E-state index contributed by atoms with van der Waals surface area (Å²) in [5.74, 6) is 0.566. The van der Waals surface area contributed by atoms with Gasteiger partial charge in [0.05, 0.1) is 12.4 Å². The van der Waals surface area contributed by atoms with Crippen molar-refractivity contribution < 1.29 is 4.79 Å². The first-order chi connectivity index (χ1) is 14.1. The summed E-state index contributed by atoms with van der Waals surface area (Å²) >= 11 is 0. The zero-order chi connectivity index (χ0) is 20.2. The van der Waals surface area contributed by atoms with Gasteiger partial charge in [-0.3, -0.25) is 4.79 Å². The minimum absolute atomic E-state index is 0.0659. The molecule has 0 atom stereocenters. The highest BCUT2D eigenvalue weighted by molar-refractivity contribution is 5.92. The average Bonchev–Trinajstić information content (AvgIpc) is 2.77. The Morgan fingerprint density at radius 3 is 2.17 bits per heavy atom. The van der Waals surface area contributed by atoms with Crippen LogP contribution < -0.4 is 10.2 Å². The number of nitrogens with zero attached hydrogens (tertiary/aromatic N) is 4. The first kappa shape index (κ1) is 18.9. The third-order valence-electron chi connectivity index (χ3n) is 5.29. The molecule has 1 N–H and O–H groups in total. The summed E-state index contributed by atoms with van der Waals surface area (Å²) in [6.45, 7) is 7.09. The summed E-state index contributed by atoms with van der Waals surface area (Å²) in [6.07, 6.45) is 3.18. The third-order valence-corrected chi connectivity index (χ3v) is 5.29. The number of para-hydroxylation sites is 2. The van der Waals surface area contributed by atoms with Crippen LogP contribution in [0.3, 0.4) is 0 Å². The summed E-state index contributed by atoms with van der Waals surface area (Å²) < 4.78 is 0. The number of benzene rings is 2. The number of aromatic nitrogens is 2. The molecule has 148 valence electrons. The van der Waals surface area contributed by atoms with Crippen molar-refractivity contribution >= 4 is 23.1 Å². The summed E-state index contributed by atoms with van der Waals surface area (Å²) in [5.41, 5.74) is 4.89. The second-order valence-electron chi connectivity index (χ2n) is 7.29. The molecule has 0 spiro atoms. The van der Waals surface area contributed by atoms with Gasteiger partial charge in [0.2, 0.25) is 0 Å². The number of nitrogens with one attached hydrogen (secondary N) is 1. The number of aryl methyl sites for hydroxylation is 2. The molecule has 6 heteroatoms. The average molecular weight is 387 g/mol. The Morgan fingerprint density at radius 1 is 0.862 bits per heavy atom. The van der Waals surface area contributed by atoms with Crippen LogP contribution in [0.5, 0.6) is 0 Å². The molecule has 1 aliphatic rings. The molecule has 0 radical (unpaired) electrons. The van der Waals surface area contributed by atoms with E-state index in [2.05, 4.69) is 58.3 Å². The lowest BCUT2D eigenvalue weighted by molar-refractivity contribution is 0.0740. The van der Waals surface area contributed by atoms with Crippen molar-refractivity contribution in [2.75, 3.05) is 36.4 Å². The lowest BCUT2D eigenvalue weighted by atomic mass is 10.1. The molecule has 0 aliphatic carbocycles. The van der Waals surface area contributed by atoms with E-state index in [9.17, 15) is 4.79 Å². The van der Waals surface area contributed by atoms with Crippen molar-refractivity contribution in [2.24, 2.45) is 0 Å². The van der Waals surface area contributed by atoms with Crippen molar-refractivity contribution in [2.45, 2.75) is 13.8 Å². The van der Waals surface area contributed by atoms with Gasteiger partial charge in [-0.25, -0.2) is 9.97 Å². The first-order valence-electron chi connectivity index (χ1n) is 9.86. The quantitative estimate of drug-likeness (QED) is 0.738. The maximum absolute atomic E-state index is 12.8. The van der Waals surface area contributed by atoms with Crippen LogP contribution >= 0.6 is 0 Å². The lowest BCUT2D eigenvalue weighted by Crippen LogP contribution is -2.49. The van der Waals surface area contributed by atoms with Crippen LogP contribution in [-0.2, 0) is 0 Å². The van der Waals surface area contributed by atoms with E-state index in [1.54, 1.807) is 12.4 Å². The zero-order valence-electron chi connectivity index (χ0n) is 16.8. The van der Waals surface area contributed by atoms with Gasteiger partial charge in [-0.1, -0.05) is 36.4 Å². The maximum Gasteiger partial charge on any atom is 0.274 e. The summed E-state index contributed by atoms with van der Waals surface area (Å²) in [7, 11) is 0. The number of hydrogen-bond acceptors (Lipinski definition) is 5. The van der Waals surface area contributed by atoms with Crippen LogP contribution in [-0.4, -0.2) is 47.0 Å². The van der Waals surface area contributed by atoms with Gasteiger partial charge in [0.15, 0.2) is 0 Å². The Hall–Kier alpha value is -3.41. The van der Waals surface area contributed by atoms with E-state index in [0.29, 0.717) is 24.6 Å². The molecule has 1 saturated heterocycles. The van der Waals surface area contributed by atoms with E-state index in [4.69, 9.17) is 0 Å². The molecule has 1 aromatic heterocycles. The van der Waals surface area contributed by atoms with Crippen LogP contribution in [0.4, 0.5) is 17.2 Å². The van der Waals surface area contributed by atoms with Crippen molar-refractivity contribution in [3.05, 3.63) is 77.7 Å². The van der Waals surface area contributed by atoms with Crippen molar-refractivity contribution in [1.82, 2.24) is 14.9 Å². The number of rotatable bonds is 4. The van der Waals surface area contributed by atoms with Crippen molar-refractivity contribution in [3.63, 3.8) is 0 Å². The van der Waals surface area contributed by atoms with Gasteiger partial charge in [0.25, 0.3) is 5.91 Å². The number of anilines is 3. The SMILES string of the molecule is Cc1cccc(C)c1Nc1cnc(C(=O)N2CCN(c3ccccc3)CC2)cn1. The van der Waals surface area contributed by atoms with Crippen LogP contribution in [0.1, 0.15) is 21.6 Å². The fourth-order valence-corrected chi connectivity index (χ4v) is 3.61. The molecule has 1 fully saturated rings. The fraction of sp³-hybridized carbons (Fsp3) is 0.261. The molecule has 3 aromatic rings. The smallest absolute Gasteiger partial charge is 0.274 e. The highest BCUT2D eigenvalue weighted by atomic mass is 16.2. The molecule has 29 heavy (non-hydrogen) atoms. The second-order valence-corrected chi connectivity index (χ2v) is 7.29. The normalized spacial score (nSPS) is 14.0. The Labute approximate surface area is 171 Å².